The SMILES string of the molecule is CNc1nc(Oc2ccc(Cl)cc2Cl)nc(N(C)C)n1. The molecule has 1 aromatic heterocycles. The van der Waals surface area contributed by atoms with E-state index in [1.807, 2.05) is 14.1 Å². The fraction of sp³-hybridized carbons (Fsp3) is 0.250. The van der Waals surface area contributed by atoms with E-state index in [1.165, 1.54) is 0 Å². The molecule has 0 saturated carbocycles. The predicted octanol–water partition coefficient (Wildman–Crippen LogP) is 3.08. The van der Waals surface area contributed by atoms with Gasteiger partial charge in [-0.3, -0.25) is 0 Å². The quantitative estimate of drug-likeness (QED) is 0.936. The molecule has 0 fully saturated rings. The molecule has 1 heterocycles. The summed E-state index contributed by atoms with van der Waals surface area (Å²) < 4.78 is 5.58. The van der Waals surface area contributed by atoms with E-state index in [-0.39, 0.29) is 6.01 Å². The van der Waals surface area contributed by atoms with Crippen LogP contribution in [0.25, 0.3) is 0 Å². The number of hydrogen-bond acceptors (Lipinski definition) is 6. The summed E-state index contributed by atoms with van der Waals surface area (Å²) in [6.07, 6.45) is 0. The van der Waals surface area contributed by atoms with Gasteiger partial charge < -0.3 is 15.0 Å². The average molecular weight is 314 g/mol. The summed E-state index contributed by atoms with van der Waals surface area (Å²) in [6, 6.07) is 5.07. The first-order chi connectivity index (χ1) is 9.49. The van der Waals surface area contributed by atoms with Gasteiger partial charge in [0, 0.05) is 26.2 Å². The lowest BCUT2D eigenvalue weighted by Gasteiger charge is -2.13. The Morgan fingerprint density at radius 2 is 1.90 bits per heavy atom. The number of aromatic nitrogens is 3. The Balaban J connectivity index is 2.34. The molecule has 20 heavy (non-hydrogen) atoms. The maximum atomic E-state index is 6.05. The molecule has 0 atom stereocenters. The molecule has 0 radical (unpaired) electrons. The first kappa shape index (κ1) is 14.6. The minimum absolute atomic E-state index is 0.150. The van der Waals surface area contributed by atoms with Crippen LogP contribution in [0.1, 0.15) is 0 Å². The Bertz CT molecular complexity index is 621. The van der Waals surface area contributed by atoms with Gasteiger partial charge in [0.05, 0.1) is 5.02 Å². The molecule has 2 rings (SSSR count). The number of anilines is 2. The lowest BCUT2D eigenvalue weighted by molar-refractivity contribution is 0.441. The van der Waals surface area contributed by atoms with Gasteiger partial charge in [0.1, 0.15) is 5.75 Å². The van der Waals surface area contributed by atoms with Crippen LogP contribution in [0.4, 0.5) is 11.9 Å². The lowest BCUT2D eigenvalue weighted by atomic mass is 10.3. The molecule has 0 spiro atoms. The third-order valence-corrected chi connectivity index (χ3v) is 2.85. The van der Waals surface area contributed by atoms with Crippen molar-refractivity contribution in [2.75, 3.05) is 31.4 Å². The Morgan fingerprint density at radius 1 is 1.15 bits per heavy atom. The Hall–Kier alpha value is -1.79. The second-order valence-electron chi connectivity index (χ2n) is 4.06. The normalized spacial score (nSPS) is 10.2. The molecule has 0 aliphatic heterocycles. The van der Waals surface area contributed by atoms with Crippen molar-refractivity contribution in [2.24, 2.45) is 0 Å². The van der Waals surface area contributed by atoms with E-state index in [1.54, 1.807) is 30.1 Å². The minimum atomic E-state index is 0.150. The van der Waals surface area contributed by atoms with E-state index < -0.39 is 0 Å². The van der Waals surface area contributed by atoms with Crippen LogP contribution in [-0.4, -0.2) is 36.1 Å². The molecule has 1 N–H and O–H groups in total. The average Bonchev–Trinajstić information content (AvgIpc) is 2.41. The first-order valence-corrected chi connectivity index (χ1v) is 6.49. The van der Waals surface area contributed by atoms with Crippen LogP contribution in [0.3, 0.4) is 0 Å². The molecule has 106 valence electrons. The fourth-order valence-electron chi connectivity index (χ4n) is 1.36. The van der Waals surface area contributed by atoms with Crippen LogP contribution in [-0.2, 0) is 0 Å². The summed E-state index contributed by atoms with van der Waals surface area (Å²) in [5, 5.41) is 3.76. The second kappa shape index (κ2) is 6.11. The highest BCUT2D eigenvalue weighted by Gasteiger charge is 2.11. The summed E-state index contributed by atoms with van der Waals surface area (Å²) in [4.78, 5) is 14.2. The van der Waals surface area contributed by atoms with Crippen molar-refractivity contribution in [1.29, 1.82) is 0 Å². The molecule has 0 aliphatic carbocycles. The molecule has 0 bridgehead atoms. The zero-order valence-corrected chi connectivity index (χ0v) is 12.7. The van der Waals surface area contributed by atoms with Crippen molar-refractivity contribution >= 4 is 35.1 Å². The third-order valence-electron chi connectivity index (χ3n) is 2.32. The number of benzene rings is 1. The van der Waals surface area contributed by atoms with Gasteiger partial charge in [-0.1, -0.05) is 23.2 Å². The van der Waals surface area contributed by atoms with Crippen molar-refractivity contribution in [3.05, 3.63) is 28.2 Å². The standard InChI is InChI=1S/C12H13Cl2N5O/c1-15-10-16-11(19(2)3)18-12(17-10)20-9-5-4-7(13)6-8(9)14/h4-6H,1-3H3,(H,15,16,17,18). The van der Waals surface area contributed by atoms with E-state index >= 15 is 0 Å². The Labute approximate surface area is 126 Å². The van der Waals surface area contributed by atoms with E-state index in [0.29, 0.717) is 27.7 Å². The molecule has 0 amide bonds. The summed E-state index contributed by atoms with van der Waals surface area (Å²) >= 11 is 11.9. The fourth-order valence-corrected chi connectivity index (χ4v) is 1.81. The molecular formula is C12H13Cl2N5O. The van der Waals surface area contributed by atoms with Gasteiger partial charge in [-0.05, 0) is 18.2 Å². The largest absolute Gasteiger partial charge is 0.423 e. The number of ether oxygens (including phenoxy) is 1. The lowest BCUT2D eigenvalue weighted by Crippen LogP contribution is -2.15. The van der Waals surface area contributed by atoms with Gasteiger partial charge in [0.2, 0.25) is 11.9 Å². The summed E-state index contributed by atoms with van der Waals surface area (Å²) in [6.45, 7) is 0. The molecule has 0 aliphatic rings. The van der Waals surface area contributed by atoms with Gasteiger partial charge in [-0.2, -0.15) is 15.0 Å². The number of rotatable bonds is 4. The van der Waals surface area contributed by atoms with E-state index in [2.05, 4.69) is 20.3 Å². The van der Waals surface area contributed by atoms with E-state index in [9.17, 15) is 0 Å². The zero-order chi connectivity index (χ0) is 14.7. The van der Waals surface area contributed by atoms with E-state index in [4.69, 9.17) is 27.9 Å². The van der Waals surface area contributed by atoms with Crippen LogP contribution in [0.15, 0.2) is 18.2 Å². The molecule has 0 saturated heterocycles. The highest BCUT2D eigenvalue weighted by molar-refractivity contribution is 6.35. The van der Waals surface area contributed by atoms with Gasteiger partial charge in [0.25, 0.3) is 0 Å². The zero-order valence-electron chi connectivity index (χ0n) is 11.2. The van der Waals surface area contributed by atoms with Gasteiger partial charge in [-0.15, -0.1) is 0 Å². The molecule has 0 unspecified atom stereocenters. The van der Waals surface area contributed by atoms with Crippen molar-refractivity contribution in [3.63, 3.8) is 0 Å². The van der Waals surface area contributed by atoms with Gasteiger partial charge in [0.15, 0.2) is 0 Å². The summed E-state index contributed by atoms with van der Waals surface area (Å²) in [7, 11) is 5.37. The molecule has 6 nitrogen and oxygen atoms in total. The number of nitrogens with one attached hydrogen (secondary N) is 1. The van der Waals surface area contributed by atoms with Crippen molar-refractivity contribution < 1.29 is 4.74 Å². The maximum Gasteiger partial charge on any atom is 0.328 e. The smallest absolute Gasteiger partial charge is 0.328 e. The third kappa shape index (κ3) is 3.40. The number of hydrogen-bond donors (Lipinski definition) is 1. The van der Waals surface area contributed by atoms with Crippen molar-refractivity contribution in [1.82, 2.24) is 15.0 Å². The first-order valence-electron chi connectivity index (χ1n) is 5.73. The monoisotopic (exact) mass is 313 g/mol. The highest BCUT2D eigenvalue weighted by Crippen LogP contribution is 2.30. The van der Waals surface area contributed by atoms with Crippen LogP contribution in [0.5, 0.6) is 11.8 Å². The topological polar surface area (TPSA) is 63.2 Å². The van der Waals surface area contributed by atoms with Crippen LogP contribution >= 0.6 is 23.2 Å². The molecule has 1 aromatic carbocycles. The van der Waals surface area contributed by atoms with E-state index in [0.717, 1.165) is 0 Å². The van der Waals surface area contributed by atoms with Crippen LogP contribution in [0, 0.1) is 0 Å². The summed E-state index contributed by atoms with van der Waals surface area (Å²) in [5.74, 6) is 1.31. The molecule has 8 heteroatoms. The molecular weight excluding hydrogens is 301 g/mol. The van der Waals surface area contributed by atoms with Crippen molar-refractivity contribution in [2.45, 2.75) is 0 Å². The number of halogens is 2. The number of nitrogens with zero attached hydrogens (tertiary/aromatic N) is 4. The second-order valence-corrected chi connectivity index (χ2v) is 4.91. The van der Waals surface area contributed by atoms with Crippen LogP contribution in [0.2, 0.25) is 10.0 Å². The minimum Gasteiger partial charge on any atom is -0.423 e. The molecule has 2 aromatic rings. The van der Waals surface area contributed by atoms with Crippen molar-refractivity contribution in [3.8, 4) is 11.8 Å². The Kier molecular flexibility index (Phi) is 4.46. The van der Waals surface area contributed by atoms with Gasteiger partial charge in [-0.25, -0.2) is 0 Å². The van der Waals surface area contributed by atoms with Gasteiger partial charge >= 0.3 is 6.01 Å². The highest BCUT2D eigenvalue weighted by atomic mass is 35.5. The maximum absolute atomic E-state index is 6.05. The Morgan fingerprint density at radius 3 is 2.50 bits per heavy atom. The summed E-state index contributed by atoms with van der Waals surface area (Å²) in [5.41, 5.74) is 0. The van der Waals surface area contributed by atoms with Crippen LogP contribution < -0.4 is 15.0 Å². The predicted molar refractivity (Wildman–Crippen MR) is 80.2 cm³/mol.